The van der Waals surface area contributed by atoms with Crippen LogP contribution >= 0.6 is 0 Å². The Hall–Kier alpha value is -3.00. The minimum absolute atomic E-state index is 0.0108. The summed E-state index contributed by atoms with van der Waals surface area (Å²) in [5.74, 6) is 1.15. The molecule has 0 spiro atoms. The largest absolute Gasteiger partial charge is 0.490 e. The minimum atomic E-state index is -0.0108. The fraction of sp³-hybridized carbons (Fsp3) is 0.176. The number of anilines is 1. The van der Waals surface area contributed by atoms with Crippen molar-refractivity contribution in [2.24, 2.45) is 5.10 Å². The summed E-state index contributed by atoms with van der Waals surface area (Å²) in [5, 5.41) is 12.8. The van der Waals surface area contributed by atoms with E-state index in [1.54, 1.807) is 12.3 Å². The predicted octanol–water partition coefficient (Wildman–Crippen LogP) is 3.43. The number of hydrogen-bond acceptors (Lipinski definition) is 5. The Morgan fingerprint density at radius 3 is 2.68 bits per heavy atom. The van der Waals surface area contributed by atoms with Crippen molar-refractivity contribution >= 4 is 11.9 Å². The second-order valence-electron chi connectivity index (χ2n) is 4.32. The molecule has 0 aliphatic carbocycles. The van der Waals surface area contributed by atoms with Crippen molar-refractivity contribution in [2.75, 3.05) is 18.6 Å². The van der Waals surface area contributed by atoms with Gasteiger partial charge in [-0.1, -0.05) is 18.2 Å². The summed E-state index contributed by atoms with van der Waals surface area (Å²) in [6, 6.07) is 17.1. The number of ether oxygens (including phenoxy) is 2. The van der Waals surface area contributed by atoms with Crippen LogP contribution in [-0.2, 0) is 0 Å². The minimum Gasteiger partial charge on any atom is -0.490 e. The molecule has 2 aromatic carbocycles. The lowest BCUT2D eigenvalue weighted by Crippen LogP contribution is -2.00. The molecule has 1 N–H and O–H groups in total. The van der Waals surface area contributed by atoms with Crippen LogP contribution in [0, 0.1) is 11.3 Å². The first-order valence-electron chi connectivity index (χ1n) is 6.94. The maximum Gasteiger partial charge on any atom is 0.174 e. The van der Waals surface area contributed by atoms with E-state index in [2.05, 4.69) is 10.5 Å². The Bertz CT molecular complexity index is 663. The number of nitrogens with one attached hydrogen (secondary N) is 1. The van der Waals surface area contributed by atoms with Crippen LogP contribution in [0.2, 0.25) is 0 Å². The van der Waals surface area contributed by atoms with E-state index in [-0.39, 0.29) is 6.61 Å². The zero-order valence-corrected chi connectivity index (χ0v) is 12.3. The number of benzene rings is 2. The highest BCUT2D eigenvalue weighted by Gasteiger charge is 2.05. The topological polar surface area (TPSA) is 66.6 Å². The zero-order valence-electron chi connectivity index (χ0n) is 12.3. The zero-order chi connectivity index (χ0) is 15.6. The van der Waals surface area contributed by atoms with Crippen molar-refractivity contribution < 1.29 is 9.47 Å². The summed E-state index contributed by atoms with van der Waals surface area (Å²) in [5.41, 5.74) is 4.73. The van der Waals surface area contributed by atoms with Crippen LogP contribution in [0.4, 0.5) is 5.69 Å². The highest BCUT2D eigenvalue weighted by atomic mass is 16.5. The van der Waals surface area contributed by atoms with Gasteiger partial charge >= 0.3 is 0 Å². The first-order valence-corrected chi connectivity index (χ1v) is 6.94. The quantitative estimate of drug-likeness (QED) is 0.627. The van der Waals surface area contributed by atoms with Gasteiger partial charge in [-0.15, -0.1) is 0 Å². The molecule has 0 saturated carbocycles. The third kappa shape index (κ3) is 4.53. The molecule has 5 heteroatoms. The van der Waals surface area contributed by atoms with Gasteiger partial charge in [-0.25, -0.2) is 0 Å². The molecule has 0 heterocycles. The number of nitrogens with zero attached hydrogens (tertiary/aromatic N) is 2. The summed E-state index contributed by atoms with van der Waals surface area (Å²) in [6.07, 6.45) is 1.70. The third-order valence-corrected chi connectivity index (χ3v) is 2.74. The molecule has 0 unspecified atom stereocenters. The van der Waals surface area contributed by atoms with Gasteiger partial charge in [0.25, 0.3) is 0 Å². The predicted molar refractivity (Wildman–Crippen MR) is 86.4 cm³/mol. The number of nitriles is 1. The first-order chi connectivity index (χ1) is 10.8. The molecule has 0 aromatic heterocycles. The second-order valence-corrected chi connectivity index (χ2v) is 4.32. The number of hydrazone groups is 1. The first kappa shape index (κ1) is 15.4. The smallest absolute Gasteiger partial charge is 0.174 e. The van der Waals surface area contributed by atoms with Gasteiger partial charge in [0.2, 0.25) is 0 Å². The lowest BCUT2D eigenvalue weighted by atomic mass is 10.2. The summed E-state index contributed by atoms with van der Waals surface area (Å²) < 4.78 is 10.8. The monoisotopic (exact) mass is 295 g/mol. The lowest BCUT2D eigenvalue weighted by Gasteiger charge is -2.10. The third-order valence-electron chi connectivity index (χ3n) is 2.74. The van der Waals surface area contributed by atoms with Crippen LogP contribution in [0.15, 0.2) is 53.6 Å². The van der Waals surface area contributed by atoms with E-state index in [9.17, 15) is 0 Å². The van der Waals surface area contributed by atoms with E-state index < -0.39 is 0 Å². The number of hydrogen-bond donors (Lipinski definition) is 1. The van der Waals surface area contributed by atoms with E-state index in [0.29, 0.717) is 18.1 Å². The lowest BCUT2D eigenvalue weighted by molar-refractivity contribution is 0.298. The molecule has 2 aromatic rings. The summed E-state index contributed by atoms with van der Waals surface area (Å²) in [7, 11) is 0. The molecule has 0 radical (unpaired) electrons. The fourth-order valence-corrected chi connectivity index (χ4v) is 1.80. The van der Waals surface area contributed by atoms with Crippen molar-refractivity contribution in [3.8, 4) is 17.6 Å². The summed E-state index contributed by atoms with van der Waals surface area (Å²) in [4.78, 5) is 0. The van der Waals surface area contributed by atoms with E-state index in [0.717, 1.165) is 11.3 Å². The second kappa shape index (κ2) is 8.32. The van der Waals surface area contributed by atoms with Gasteiger partial charge in [-0.05, 0) is 42.8 Å². The molecule has 5 nitrogen and oxygen atoms in total. The molecule has 0 bridgehead atoms. The molecule has 0 saturated heterocycles. The number of para-hydroxylation sites is 1. The maximum atomic E-state index is 8.58. The molecule has 0 atom stereocenters. The Balaban J connectivity index is 2.07. The van der Waals surface area contributed by atoms with Gasteiger partial charge in [0, 0.05) is 0 Å². The van der Waals surface area contributed by atoms with Crippen molar-refractivity contribution in [1.29, 1.82) is 5.26 Å². The van der Waals surface area contributed by atoms with E-state index in [1.807, 2.05) is 55.5 Å². The van der Waals surface area contributed by atoms with Gasteiger partial charge in [0.15, 0.2) is 18.1 Å². The van der Waals surface area contributed by atoms with Crippen LogP contribution in [0.3, 0.4) is 0 Å². The molecular formula is C17H17N3O2. The van der Waals surface area contributed by atoms with Crippen LogP contribution in [-0.4, -0.2) is 19.4 Å². The maximum absolute atomic E-state index is 8.58. The van der Waals surface area contributed by atoms with Gasteiger partial charge in [-0.2, -0.15) is 10.4 Å². The molecule has 22 heavy (non-hydrogen) atoms. The van der Waals surface area contributed by atoms with E-state index in [1.165, 1.54) is 0 Å². The van der Waals surface area contributed by atoms with Crippen LogP contribution in [0.25, 0.3) is 0 Å². The van der Waals surface area contributed by atoms with Crippen molar-refractivity contribution in [2.45, 2.75) is 6.92 Å². The van der Waals surface area contributed by atoms with Gasteiger partial charge in [-0.3, -0.25) is 5.43 Å². The van der Waals surface area contributed by atoms with Crippen LogP contribution < -0.4 is 14.9 Å². The van der Waals surface area contributed by atoms with Gasteiger partial charge in [0.05, 0.1) is 18.5 Å². The molecule has 0 aliphatic rings. The molecular weight excluding hydrogens is 278 g/mol. The van der Waals surface area contributed by atoms with Crippen molar-refractivity contribution in [3.05, 3.63) is 54.1 Å². The number of rotatable bonds is 7. The van der Waals surface area contributed by atoms with Gasteiger partial charge < -0.3 is 9.47 Å². The SMILES string of the molecule is CCOc1cc(C=NNc2ccccc2)ccc1OCC#N. The van der Waals surface area contributed by atoms with Crippen molar-refractivity contribution in [1.82, 2.24) is 0 Å². The van der Waals surface area contributed by atoms with E-state index in [4.69, 9.17) is 14.7 Å². The summed E-state index contributed by atoms with van der Waals surface area (Å²) in [6.45, 7) is 2.40. The van der Waals surface area contributed by atoms with Gasteiger partial charge in [0.1, 0.15) is 6.07 Å². The molecule has 112 valence electrons. The van der Waals surface area contributed by atoms with Crippen LogP contribution in [0.1, 0.15) is 12.5 Å². The normalized spacial score (nSPS) is 10.2. The Kier molecular flexibility index (Phi) is 5.82. The van der Waals surface area contributed by atoms with Crippen LogP contribution in [0.5, 0.6) is 11.5 Å². The fourth-order valence-electron chi connectivity index (χ4n) is 1.80. The highest BCUT2D eigenvalue weighted by molar-refractivity contribution is 5.81. The standard InChI is InChI=1S/C17H17N3O2/c1-2-21-17-12-14(8-9-16(17)22-11-10-18)13-19-20-15-6-4-3-5-7-15/h3-9,12-13,20H,2,11H2,1H3. The Morgan fingerprint density at radius 2 is 1.95 bits per heavy atom. The Labute approximate surface area is 129 Å². The summed E-state index contributed by atoms with van der Waals surface area (Å²) >= 11 is 0. The van der Waals surface area contributed by atoms with E-state index >= 15 is 0 Å². The average Bonchev–Trinajstić information content (AvgIpc) is 2.55. The van der Waals surface area contributed by atoms with Crippen molar-refractivity contribution in [3.63, 3.8) is 0 Å². The molecule has 2 rings (SSSR count). The average molecular weight is 295 g/mol. The molecule has 0 amide bonds. The highest BCUT2D eigenvalue weighted by Crippen LogP contribution is 2.28. The Morgan fingerprint density at radius 1 is 1.14 bits per heavy atom. The molecule has 0 fully saturated rings. The molecule has 0 aliphatic heterocycles.